The number of ether oxygens (including phenoxy) is 2. The molecule has 4 N–H and O–H groups in total. The van der Waals surface area contributed by atoms with Gasteiger partial charge in [-0.3, -0.25) is 23.2 Å². The molecule has 41 heavy (non-hydrogen) atoms. The summed E-state index contributed by atoms with van der Waals surface area (Å²) < 4.78 is 63.1. The molecule has 1 aliphatic rings. The first-order valence-corrected chi connectivity index (χ1v) is 16.0. The fraction of sp³-hybridized carbons (Fsp3) is 0.696. The number of aromatic nitrogens is 4. The molecule has 1 unspecified atom stereocenters. The number of carbonyl (C=O) groups is 2. The summed E-state index contributed by atoms with van der Waals surface area (Å²) in [6.45, 7) is 7.75. The second-order valence-corrected chi connectivity index (χ2v) is 14.8. The molecule has 0 spiro atoms. The topological polar surface area (TPSA) is 232 Å². The lowest BCUT2D eigenvalue weighted by atomic mass is 9.90. The molecular weight excluding hydrogens is 585 g/mol. The molecule has 0 aromatic carbocycles. The number of carbonyl (C=O) groups excluding carboxylic acids is 1. The van der Waals surface area contributed by atoms with Crippen molar-refractivity contribution in [3.63, 3.8) is 0 Å². The van der Waals surface area contributed by atoms with Crippen molar-refractivity contribution in [2.45, 2.75) is 66.0 Å². The third kappa shape index (κ3) is 11.6. The van der Waals surface area contributed by atoms with Gasteiger partial charge in [0.05, 0.1) is 48.4 Å². The molecule has 2 aromatic rings. The third-order valence-electron chi connectivity index (χ3n) is 5.82. The van der Waals surface area contributed by atoms with Crippen LogP contribution in [0, 0.1) is 10.8 Å². The normalized spacial score (nSPS) is 16.4. The van der Waals surface area contributed by atoms with Crippen LogP contribution in [0.4, 0.5) is 5.95 Å². The van der Waals surface area contributed by atoms with E-state index in [0.29, 0.717) is 36.8 Å². The molecule has 1 fully saturated rings. The maximum Gasteiger partial charge on any atom is 0.359 e. The summed E-state index contributed by atoms with van der Waals surface area (Å²) >= 11 is 0. The number of anilines is 1. The molecule has 18 heteroatoms. The zero-order valence-electron chi connectivity index (χ0n) is 23.9. The Morgan fingerprint density at radius 3 is 2.32 bits per heavy atom. The highest BCUT2D eigenvalue weighted by Crippen LogP contribution is 2.52. The van der Waals surface area contributed by atoms with Gasteiger partial charge in [-0.25, -0.2) is 9.97 Å². The average Bonchev–Trinajstić information content (AvgIpc) is 3.48. The standard InChI is InChI=1S/C22H34N5O8P.CH4O3S/c1-20(2,3)18(30)32-13-35-36(31,34-9-8-21(4,5)17(28)29)14-33-22(6-7-22)11-27-12-25-15-10-24-19(23)26-16(15)27;1-5(2,3)4/h10,12H,6-9,11,13-14H2,1-5H3,(H,28,29)(H2,23,24,26);1H3,(H,2,3,4). The van der Waals surface area contributed by atoms with Gasteiger partial charge in [0.2, 0.25) is 12.7 Å². The van der Waals surface area contributed by atoms with Crippen LogP contribution in [0.15, 0.2) is 12.5 Å². The predicted octanol–water partition coefficient (Wildman–Crippen LogP) is 2.69. The van der Waals surface area contributed by atoms with Crippen LogP contribution >= 0.6 is 7.60 Å². The summed E-state index contributed by atoms with van der Waals surface area (Å²) in [5, 5.41) is 9.32. The second-order valence-electron chi connectivity index (χ2n) is 11.3. The zero-order chi connectivity index (χ0) is 31.3. The van der Waals surface area contributed by atoms with Gasteiger partial charge >= 0.3 is 19.5 Å². The minimum atomic E-state index is -3.91. The maximum atomic E-state index is 13.5. The maximum absolute atomic E-state index is 13.5. The van der Waals surface area contributed by atoms with E-state index >= 15 is 0 Å². The number of esters is 1. The van der Waals surface area contributed by atoms with Crippen molar-refractivity contribution in [1.29, 1.82) is 0 Å². The van der Waals surface area contributed by atoms with Gasteiger partial charge in [0, 0.05) is 0 Å². The largest absolute Gasteiger partial charge is 0.481 e. The predicted molar refractivity (Wildman–Crippen MR) is 146 cm³/mol. The van der Waals surface area contributed by atoms with Crippen LogP contribution in [0.3, 0.4) is 0 Å². The molecule has 0 amide bonds. The number of nitrogens with zero attached hydrogens (tertiary/aromatic N) is 4. The van der Waals surface area contributed by atoms with Crippen molar-refractivity contribution in [3.8, 4) is 0 Å². The SMILES string of the molecule is CC(C)(C)C(=O)OCOP(=O)(COC1(Cn2cnc3cnc(N)nc32)CC1)OCCC(C)(C)C(=O)O.CS(=O)(=O)O. The van der Waals surface area contributed by atoms with Crippen LogP contribution in [-0.2, 0) is 49.3 Å². The Morgan fingerprint density at radius 2 is 1.78 bits per heavy atom. The van der Waals surface area contributed by atoms with Gasteiger partial charge in [-0.2, -0.15) is 13.4 Å². The number of hydrogen-bond donors (Lipinski definition) is 3. The summed E-state index contributed by atoms with van der Waals surface area (Å²) in [5.41, 5.74) is 4.34. The summed E-state index contributed by atoms with van der Waals surface area (Å²) in [5.74, 6) is -1.42. The van der Waals surface area contributed by atoms with Crippen LogP contribution in [-0.4, -0.2) is 81.1 Å². The molecule has 2 heterocycles. The van der Waals surface area contributed by atoms with Gasteiger partial charge in [0.15, 0.2) is 5.65 Å². The van der Waals surface area contributed by atoms with Gasteiger partial charge < -0.3 is 29.4 Å². The average molecular weight is 624 g/mol. The first-order valence-electron chi connectivity index (χ1n) is 12.4. The second kappa shape index (κ2) is 13.1. The first kappa shape index (κ1) is 34.5. The van der Waals surface area contributed by atoms with Crippen molar-refractivity contribution in [1.82, 2.24) is 19.5 Å². The molecule has 2 aromatic heterocycles. The summed E-state index contributed by atoms with van der Waals surface area (Å²) in [6, 6.07) is 0. The van der Waals surface area contributed by atoms with Crippen molar-refractivity contribution < 1.29 is 50.8 Å². The third-order valence-corrected chi connectivity index (χ3v) is 7.34. The number of fused-ring (bicyclic) bond motifs is 1. The zero-order valence-corrected chi connectivity index (χ0v) is 25.6. The van der Waals surface area contributed by atoms with E-state index in [1.165, 1.54) is 20.0 Å². The number of imidazole rings is 1. The Labute approximate surface area is 238 Å². The molecule has 3 rings (SSSR count). The molecule has 0 radical (unpaired) electrons. The van der Waals surface area contributed by atoms with Crippen molar-refractivity contribution in [3.05, 3.63) is 12.5 Å². The van der Waals surface area contributed by atoms with Crippen molar-refractivity contribution >= 4 is 46.8 Å². The summed E-state index contributed by atoms with van der Waals surface area (Å²) in [7, 11) is -7.58. The van der Waals surface area contributed by atoms with Gasteiger partial charge in [-0.15, -0.1) is 0 Å². The van der Waals surface area contributed by atoms with Crippen LogP contribution in [0.2, 0.25) is 0 Å². The number of aliphatic carboxylic acids is 1. The first-order chi connectivity index (χ1) is 18.6. The van der Waals surface area contributed by atoms with Crippen molar-refractivity contribution in [2.24, 2.45) is 10.8 Å². The van der Waals surface area contributed by atoms with E-state index in [1.54, 1.807) is 31.7 Å². The number of carboxylic acids is 1. The fourth-order valence-electron chi connectivity index (χ4n) is 3.03. The molecule has 1 atom stereocenters. The number of carboxylic acid groups (broad SMARTS) is 1. The van der Waals surface area contributed by atoms with E-state index in [-0.39, 0.29) is 19.0 Å². The highest BCUT2D eigenvalue weighted by molar-refractivity contribution is 7.85. The van der Waals surface area contributed by atoms with Gasteiger partial charge in [0.1, 0.15) is 11.9 Å². The quantitative estimate of drug-likeness (QED) is 0.126. The van der Waals surface area contributed by atoms with E-state index in [9.17, 15) is 27.7 Å². The van der Waals surface area contributed by atoms with Gasteiger partial charge in [-0.05, 0) is 53.9 Å². The number of nitrogen functional groups attached to an aromatic ring is 1. The minimum absolute atomic E-state index is 0.0881. The number of rotatable bonds is 13. The molecular formula is C23H38N5O11PS. The van der Waals surface area contributed by atoms with Crippen molar-refractivity contribution in [2.75, 3.05) is 31.7 Å². The number of nitrogens with two attached hydrogens (primary N) is 1. The van der Waals surface area contributed by atoms with E-state index in [4.69, 9.17) is 28.8 Å². The smallest absolute Gasteiger partial charge is 0.359 e. The Hall–Kier alpha value is -2.69. The summed E-state index contributed by atoms with van der Waals surface area (Å²) in [6.07, 6.45) is 4.92. The monoisotopic (exact) mass is 623 g/mol. The molecule has 0 saturated heterocycles. The summed E-state index contributed by atoms with van der Waals surface area (Å²) in [4.78, 5) is 35.8. The lowest BCUT2D eigenvalue weighted by Crippen LogP contribution is -2.26. The van der Waals surface area contributed by atoms with Crippen LogP contribution in [0.5, 0.6) is 0 Å². The minimum Gasteiger partial charge on any atom is -0.481 e. The van der Waals surface area contributed by atoms with Gasteiger partial charge in [0.25, 0.3) is 10.1 Å². The highest BCUT2D eigenvalue weighted by atomic mass is 32.2. The molecule has 1 aliphatic carbocycles. The Balaban J connectivity index is 0.00000108. The Kier molecular flexibility index (Phi) is 11.0. The van der Waals surface area contributed by atoms with E-state index in [0.717, 1.165) is 0 Å². The number of hydrogen-bond acceptors (Lipinski definition) is 13. The Morgan fingerprint density at radius 1 is 1.17 bits per heavy atom. The molecule has 1 saturated carbocycles. The fourth-order valence-corrected chi connectivity index (χ4v) is 4.27. The highest BCUT2D eigenvalue weighted by Gasteiger charge is 2.47. The molecule has 0 aliphatic heterocycles. The van der Waals surface area contributed by atoms with Crippen LogP contribution < -0.4 is 5.73 Å². The Bertz CT molecular complexity index is 1380. The van der Waals surface area contributed by atoms with E-state index in [2.05, 4.69) is 15.0 Å². The van der Waals surface area contributed by atoms with Crippen LogP contribution in [0.1, 0.15) is 53.9 Å². The van der Waals surface area contributed by atoms with Crippen LogP contribution in [0.25, 0.3) is 11.2 Å². The van der Waals surface area contributed by atoms with E-state index < -0.39 is 59.2 Å². The lowest BCUT2D eigenvalue weighted by Gasteiger charge is -2.25. The molecule has 232 valence electrons. The molecule has 0 bridgehead atoms. The molecule has 16 nitrogen and oxygen atoms in total. The van der Waals surface area contributed by atoms with Gasteiger partial charge in [-0.1, -0.05) is 0 Å². The van der Waals surface area contributed by atoms with E-state index in [1.807, 2.05) is 0 Å². The lowest BCUT2D eigenvalue weighted by molar-refractivity contribution is -0.160.